The van der Waals surface area contributed by atoms with Gasteiger partial charge in [-0.2, -0.15) is 0 Å². The SMILES string of the molecule is CCCC1CC(CN)(N2CCCC(CC)CC2)CCO1. The molecule has 3 unspecified atom stereocenters. The van der Waals surface area contributed by atoms with Gasteiger partial charge in [0.05, 0.1) is 6.10 Å². The molecule has 3 nitrogen and oxygen atoms in total. The van der Waals surface area contributed by atoms with E-state index in [0.29, 0.717) is 6.10 Å². The lowest BCUT2D eigenvalue weighted by Crippen LogP contribution is -2.58. The minimum absolute atomic E-state index is 0.223. The number of ether oxygens (including phenoxy) is 1. The van der Waals surface area contributed by atoms with Crippen molar-refractivity contribution in [2.45, 2.75) is 76.9 Å². The molecule has 2 N–H and O–H groups in total. The molecule has 118 valence electrons. The molecule has 0 aromatic heterocycles. The van der Waals surface area contributed by atoms with Crippen LogP contribution in [0.1, 0.15) is 65.2 Å². The molecule has 3 heteroatoms. The number of hydrogen-bond donors (Lipinski definition) is 1. The van der Waals surface area contributed by atoms with Gasteiger partial charge in [-0.05, 0) is 57.5 Å². The minimum Gasteiger partial charge on any atom is -0.378 e. The van der Waals surface area contributed by atoms with Gasteiger partial charge < -0.3 is 10.5 Å². The molecule has 0 saturated carbocycles. The second-order valence-electron chi connectivity index (χ2n) is 6.86. The molecule has 0 amide bonds. The second-order valence-corrected chi connectivity index (χ2v) is 6.86. The fraction of sp³-hybridized carbons (Fsp3) is 1.00. The zero-order chi connectivity index (χ0) is 14.4. The van der Waals surface area contributed by atoms with Crippen LogP contribution in [-0.4, -0.2) is 42.8 Å². The Morgan fingerprint density at radius 3 is 2.80 bits per heavy atom. The van der Waals surface area contributed by atoms with Crippen molar-refractivity contribution < 1.29 is 4.74 Å². The molecule has 2 saturated heterocycles. The predicted molar refractivity (Wildman–Crippen MR) is 84.9 cm³/mol. The molecule has 20 heavy (non-hydrogen) atoms. The Bertz CT molecular complexity index is 282. The van der Waals surface area contributed by atoms with E-state index in [1.54, 1.807) is 0 Å². The minimum atomic E-state index is 0.223. The molecular formula is C17H34N2O. The van der Waals surface area contributed by atoms with E-state index in [0.717, 1.165) is 31.9 Å². The van der Waals surface area contributed by atoms with Crippen LogP contribution in [0.5, 0.6) is 0 Å². The number of likely N-dealkylation sites (tertiary alicyclic amines) is 1. The Labute approximate surface area is 125 Å². The Kier molecular flexibility index (Phi) is 6.31. The van der Waals surface area contributed by atoms with Crippen molar-refractivity contribution in [3.05, 3.63) is 0 Å². The molecule has 0 spiro atoms. The number of rotatable bonds is 5. The van der Waals surface area contributed by atoms with Crippen LogP contribution in [-0.2, 0) is 4.74 Å². The van der Waals surface area contributed by atoms with E-state index in [4.69, 9.17) is 10.5 Å². The monoisotopic (exact) mass is 282 g/mol. The van der Waals surface area contributed by atoms with Gasteiger partial charge >= 0.3 is 0 Å². The lowest BCUT2D eigenvalue weighted by molar-refractivity contribution is -0.0733. The fourth-order valence-electron chi connectivity index (χ4n) is 4.16. The van der Waals surface area contributed by atoms with E-state index < -0.39 is 0 Å². The van der Waals surface area contributed by atoms with Gasteiger partial charge in [0.1, 0.15) is 0 Å². The first kappa shape index (κ1) is 16.3. The molecule has 2 aliphatic rings. The summed E-state index contributed by atoms with van der Waals surface area (Å²) < 4.78 is 5.96. The highest BCUT2D eigenvalue weighted by atomic mass is 16.5. The van der Waals surface area contributed by atoms with Crippen LogP contribution in [0.2, 0.25) is 0 Å². The van der Waals surface area contributed by atoms with Crippen molar-refractivity contribution in [1.29, 1.82) is 0 Å². The highest BCUT2D eigenvalue weighted by Gasteiger charge is 2.40. The van der Waals surface area contributed by atoms with Gasteiger partial charge in [-0.3, -0.25) is 4.90 Å². The van der Waals surface area contributed by atoms with Gasteiger partial charge in [-0.1, -0.05) is 26.7 Å². The molecule has 3 atom stereocenters. The molecule has 2 fully saturated rings. The smallest absolute Gasteiger partial charge is 0.0593 e. The van der Waals surface area contributed by atoms with Gasteiger partial charge in [-0.25, -0.2) is 0 Å². The Balaban J connectivity index is 2.01. The number of hydrogen-bond acceptors (Lipinski definition) is 3. The van der Waals surface area contributed by atoms with Crippen molar-refractivity contribution in [3.63, 3.8) is 0 Å². The molecule has 0 aromatic carbocycles. The first-order valence-electron chi connectivity index (χ1n) is 8.80. The third-order valence-electron chi connectivity index (χ3n) is 5.62. The lowest BCUT2D eigenvalue weighted by Gasteiger charge is -2.48. The summed E-state index contributed by atoms with van der Waals surface area (Å²) in [6.07, 6.45) is 10.6. The summed E-state index contributed by atoms with van der Waals surface area (Å²) in [6, 6.07) is 0. The summed E-state index contributed by atoms with van der Waals surface area (Å²) in [4.78, 5) is 2.73. The molecule has 0 aromatic rings. The standard InChI is InChI=1S/C17H34N2O/c1-3-6-16-13-17(14-18,9-12-20-16)19-10-5-7-15(4-2)8-11-19/h15-16H,3-14,18H2,1-2H3. The maximum absolute atomic E-state index is 6.25. The first-order valence-corrected chi connectivity index (χ1v) is 8.80. The Morgan fingerprint density at radius 1 is 1.25 bits per heavy atom. The van der Waals surface area contributed by atoms with Crippen molar-refractivity contribution in [3.8, 4) is 0 Å². The molecule has 0 radical (unpaired) electrons. The fourth-order valence-corrected chi connectivity index (χ4v) is 4.16. The van der Waals surface area contributed by atoms with Crippen LogP contribution >= 0.6 is 0 Å². The van der Waals surface area contributed by atoms with Crippen LogP contribution in [0.4, 0.5) is 0 Å². The average Bonchev–Trinajstić information content (AvgIpc) is 2.73. The molecule has 2 rings (SSSR count). The van der Waals surface area contributed by atoms with E-state index in [2.05, 4.69) is 18.7 Å². The summed E-state index contributed by atoms with van der Waals surface area (Å²) in [6.45, 7) is 8.77. The van der Waals surface area contributed by atoms with Gasteiger partial charge in [0.25, 0.3) is 0 Å². The van der Waals surface area contributed by atoms with Crippen molar-refractivity contribution in [2.24, 2.45) is 11.7 Å². The normalized spacial score (nSPS) is 36.8. The van der Waals surface area contributed by atoms with E-state index in [1.807, 2.05) is 0 Å². The van der Waals surface area contributed by atoms with Crippen molar-refractivity contribution in [2.75, 3.05) is 26.2 Å². The third kappa shape index (κ3) is 3.75. The van der Waals surface area contributed by atoms with Gasteiger partial charge in [-0.15, -0.1) is 0 Å². The van der Waals surface area contributed by atoms with Crippen LogP contribution in [0.3, 0.4) is 0 Å². The largest absolute Gasteiger partial charge is 0.378 e. The maximum atomic E-state index is 6.25. The number of nitrogens with zero attached hydrogens (tertiary/aromatic N) is 1. The topological polar surface area (TPSA) is 38.5 Å². The van der Waals surface area contributed by atoms with Crippen molar-refractivity contribution >= 4 is 0 Å². The van der Waals surface area contributed by atoms with Gasteiger partial charge in [0.15, 0.2) is 0 Å². The van der Waals surface area contributed by atoms with Gasteiger partial charge in [0.2, 0.25) is 0 Å². The summed E-state index contributed by atoms with van der Waals surface area (Å²) in [7, 11) is 0. The highest BCUT2D eigenvalue weighted by Crippen LogP contribution is 2.34. The predicted octanol–water partition coefficient (Wildman–Crippen LogP) is 3.18. The quantitative estimate of drug-likeness (QED) is 0.841. The van der Waals surface area contributed by atoms with E-state index in [9.17, 15) is 0 Å². The molecule has 2 aliphatic heterocycles. The molecule has 0 bridgehead atoms. The highest BCUT2D eigenvalue weighted by molar-refractivity contribution is 4.97. The van der Waals surface area contributed by atoms with Crippen molar-refractivity contribution in [1.82, 2.24) is 4.90 Å². The van der Waals surface area contributed by atoms with Gasteiger partial charge in [0, 0.05) is 18.7 Å². The summed E-state index contributed by atoms with van der Waals surface area (Å²) in [5.74, 6) is 0.932. The second kappa shape index (κ2) is 7.77. The third-order valence-corrected chi connectivity index (χ3v) is 5.62. The zero-order valence-corrected chi connectivity index (χ0v) is 13.6. The summed E-state index contributed by atoms with van der Waals surface area (Å²) in [5.41, 5.74) is 6.47. The lowest BCUT2D eigenvalue weighted by atomic mass is 9.83. The molecule has 0 aliphatic carbocycles. The Morgan fingerprint density at radius 2 is 2.10 bits per heavy atom. The van der Waals surface area contributed by atoms with Crippen LogP contribution in [0.15, 0.2) is 0 Å². The Hall–Kier alpha value is -0.120. The van der Waals surface area contributed by atoms with E-state index in [-0.39, 0.29) is 5.54 Å². The van der Waals surface area contributed by atoms with Crippen LogP contribution < -0.4 is 5.73 Å². The zero-order valence-electron chi connectivity index (χ0n) is 13.6. The van der Waals surface area contributed by atoms with Crippen LogP contribution in [0, 0.1) is 5.92 Å². The summed E-state index contributed by atoms with van der Waals surface area (Å²) >= 11 is 0. The van der Waals surface area contributed by atoms with E-state index >= 15 is 0 Å². The summed E-state index contributed by atoms with van der Waals surface area (Å²) in [5, 5.41) is 0. The van der Waals surface area contributed by atoms with Crippen LogP contribution in [0.25, 0.3) is 0 Å². The maximum Gasteiger partial charge on any atom is 0.0593 e. The van der Waals surface area contributed by atoms with E-state index in [1.165, 1.54) is 51.6 Å². The molecule has 2 heterocycles. The first-order chi connectivity index (χ1) is 9.74. The average molecular weight is 282 g/mol. The number of nitrogens with two attached hydrogens (primary N) is 1. The molecular weight excluding hydrogens is 248 g/mol.